The predicted octanol–water partition coefficient (Wildman–Crippen LogP) is 4.28. The number of sulfonamides is 1. The van der Waals surface area contributed by atoms with Gasteiger partial charge in [-0.1, -0.05) is 11.6 Å². The third-order valence-electron chi connectivity index (χ3n) is 2.78. The molecule has 0 radical (unpaired) electrons. The second-order valence-corrected chi connectivity index (χ2v) is 7.45. The maximum atomic E-state index is 11.8. The maximum Gasteiger partial charge on any atom is 0.235 e. The summed E-state index contributed by atoms with van der Waals surface area (Å²) >= 11 is 5.80. The Kier molecular flexibility index (Phi) is 4.75. The topological polar surface area (TPSA) is 55.4 Å². The lowest BCUT2D eigenvalue weighted by Crippen LogP contribution is -2.22. The first-order valence-electron chi connectivity index (χ1n) is 6.42. The second kappa shape index (κ2) is 6.37. The smallest absolute Gasteiger partial charge is 0.235 e. The molecule has 0 atom stereocenters. The molecule has 0 aliphatic rings. The van der Waals surface area contributed by atoms with Crippen molar-refractivity contribution in [2.75, 3.05) is 4.72 Å². The number of benzene rings is 2. The lowest BCUT2D eigenvalue weighted by atomic mass is 10.3. The van der Waals surface area contributed by atoms with Gasteiger partial charge in [0.1, 0.15) is 11.5 Å². The molecule has 0 aliphatic heterocycles. The highest BCUT2D eigenvalue weighted by Gasteiger charge is 2.15. The molecule has 0 unspecified atom stereocenters. The van der Waals surface area contributed by atoms with Crippen LogP contribution >= 0.6 is 11.6 Å². The first-order valence-corrected chi connectivity index (χ1v) is 8.34. The van der Waals surface area contributed by atoms with Gasteiger partial charge in [0.25, 0.3) is 0 Å². The lowest BCUT2D eigenvalue weighted by molar-refractivity contribution is 0.483. The number of halogens is 1. The van der Waals surface area contributed by atoms with Gasteiger partial charge in [-0.3, -0.25) is 4.72 Å². The number of anilines is 1. The van der Waals surface area contributed by atoms with Crippen molar-refractivity contribution in [2.45, 2.75) is 19.1 Å². The zero-order valence-corrected chi connectivity index (χ0v) is 13.3. The van der Waals surface area contributed by atoms with Crippen molar-refractivity contribution in [1.29, 1.82) is 0 Å². The first-order chi connectivity index (χ1) is 9.87. The van der Waals surface area contributed by atoms with Gasteiger partial charge in [-0.2, -0.15) is 0 Å². The first kappa shape index (κ1) is 15.7. The number of nitrogens with one attached hydrogen (secondary N) is 1. The molecular formula is C15H16ClNO3S. The molecule has 6 heteroatoms. The molecule has 0 bridgehead atoms. The van der Waals surface area contributed by atoms with E-state index in [0.29, 0.717) is 22.2 Å². The molecule has 2 rings (SSSR count). The van der Waals surface area contributed by atoms with Crippen LogP contribution in [0.5, 0.6) is 11.5 Å². The minimum absolute atomic E-state index is 0.484. The Morgan fingerprint density at radius 1 is 0.952 bits per heavy atom. The summed E-state index contributed by atoms with van der Waals surface area (Å²) in [5.41, 5.74) is 0.507. The number of hydrogen-bond donors (Lipinski definition) is 1. The van der Waals surface area contributed by atoms with Crippen molar-refractivity contribution >= 4 is 27.3 Å². The van der Waals surface area contributed by atoms with E-state index in [2.05, 4.69) is 4.72 Å². The van der Waals surface area contributed by atoms with E-state index in [1.807, 2.05) is 0 Å². The molecule has 0 spiro atoms. The summed E-state index contributed by atoms with van der Waals surface area (Å²) in [5.74, 6) is 1.28. The summed E-state index contributed by atoms with van der Waals surface area (Å²) in [6.45, 7) is 3.25. The van der Waals surface area contributed by atoms with Crippen LogP contribution in [0.4, 0.5) is 5.69 Å². The zero-order valence-electron chi connectivity index (χ0n) is 11.7. The quantitative estimate of drug-likeness (QED) is 0.892. The Labute approximate surface area is 129 Å². The minimum atomic E-state index is -3.33. The highest BCUT2D eigenvalue weighted by Crippen LogP contribution is 2.24. The fourth-order valence-corrected chi connectivity index (χ4v) is 2.34. The van der Waals surface area contributed by atoms with E-state index < -0.39 is 15.3 Å². The molecule has 0 saturated heterocycles. The molecule has 0 aliphatic carbocycles. The molecule has 4 nitrogen and oxygen atoms in total. The third kappa shape index (κ3) is 4.37. The summed E-state index contributed by atoms with van der Waals surface area (Å²) in [6, 6.07) is 13.7. The second-order valence-electron chi connectivity index (χ2n) is 4.78. The van der Waals surface area contributed by atoms with Crippen molar-refractivity contribution < 1.29 is 13.2 Å². The van der Waals surface area contributed by atoms with Crippen LogP contribution in [0.25, 0.3) is 0 Å². The van der Waals surface area contributed by atoms with Crippen molar-refractivity contribution in [2.24, 2.45) is 0 Å². The van der Waals surface area contributed by atoms with Crippen LogP contribution in [0.2, 0.25) is 5.02 Å². The fourth-order valence-electron chi connectivity index (χ4n) is 1.51. The van der Waals surface area contributed by atoms with Gasteiger partial charge < -0.3 is 4.74 Å². The monoisotopic (exact) mass is 325 g/mol. The largest absolute Gasteiger partial charge is 0.457 e. The Balaban J connectivity index is 2.07. The average molecular weight is 326 g/mol. The number of rotatable bonds is 5. The van der Waals surface area contributed by atoms with Crippen LogP contribution in [0.1, 0.15) is 13.8 Å². The minimum Gasteiger partial charge on any atom is -0.457 e. The fraction of sp³-hybridized carbons (Fsp3) is 0.200. The standard InChI is InChI=1S/C15H16ClNO3S/c1-11(2)21(18,19)17-13-5-9-15(10-6-13)20-14-7-3-12(16)4-8-14/h3-11,17H,1-2H3. The van der Waals surface area contributed by atoms with Crippen molar-refractivity contribution in [1.82, 2.24) is 0 Å². The molecule has 2 aromatic rings. The summed E-state index contributed by atoms with van der Waals surface area (Å²) in [7, 11) is -3.33. The third-order valence-corrected chi connectivity index (χ3v) is 4.80. The van der Waals surface area contributed by atoms with Gasteiger partial charge in [0, 0.05) is 10.7 Å². The van der Waals surface area contributed by atoms with Crippen LogP contribution in [0, 0.1) is 0 Å². The maximum absolute atomic E-state index is 11.8. The number of hydrogen-bond acceptors (Lipinski definition) is 3. The van der Waals surface area contributed by atoms with Crippen molar-refractivity contribution in [3.8, 4) is 11.5 Å². The molecule has 1 N–H and O–H groups in total. The van der Waals surface area contributed by atoms with Crippen LogP contribution in [-0.4, -0.2) is 13.7 Å². The van der Waals surface area contributed by atoms with E-state index in [0.717, 1.165) is 0 Å². The molecule has 21 heavy (non-hydrogen) atoms. The predicted molar refractivity (Wildman–Crippen MR) is 85.6 cm³/mol. The van der Waals surface area contributed by atoms with E-state index in [-0.39, 0.29) is 0 Å². The van der Waals surface area contributed by atoms with Gasteiger partial charge in [0.15, 0.2) is 0 Å². The molecule has 0 saturated carbocycles. The molecule has 0 heterocycles. The van der Waals surface area contributed by atoms with Crippen molar-refractivity contribution in [3.05, 3.63) is 53.6 Å². The molecule has 0 aromatic heterocycles. The van der Waals surface area contributed by atoms with Crippen LogP contribution in [0.15, 0.2) is 48.5 Å². The highest BCUT2D eigenvalue weighted by molar-refractivity contribution is 7.93. The van der Waals surface area contributed by atoms with Gasteiger partial charge in [-0.05, 0) is 62.4 Å². The molecule has 112 valence electrons. The Morgan fingerprint density at radius 2 is 1.43 bits per heavy atom. The molecule has 0 fully saturated rings. The van der Waals surface area contributed by atoms with Crippen LogP contribution in [-0.2, 0) is 10.0 Å². The lowest BCUT2D eigenvalue weighted by Gasteiger charge is -2.11. The summed E-state index contributed by atoms with van der Waals surface area (Å²) in [5, 5.41) is 0.156. The Hall–Kier alpha value is -1.72. The van der Waals surface area contributed by atoms with E-state index in [1.165, 1.54) is 0 Å². The van der Waals surface area contributed by atoms with Gasteiger partial charge in [0.2, 0.25) is 10.0 Å². The molecule has 2 aromatic carbocycles. The van der Waals surface area contributed by atoms with E-state index in [9.17, 15) is 8.42 Å². The highest BCUT2D eigenvalue weighted by atomic mass is 35.5. The Bertz CT molecular complexity index is 695. The molecule has 0 amide bonds. The molecular weight excluding hydrogens is 310 g/mol. The normalized spacial score (nSPS) is 11.4. The van der Waals surface area contributed by atoms with Crippen molar-refractivity contribution in [3.63, 3.8) is 0 Å². The van der Waals surface area contributed by atoms with E-state index in [1.54, 1.807) is 62.4 Å². The van der Waals surface area contributed by atoms with Gasteiger partial charge in [-0.25, -0.2) is 8.42 Å². The van der Waals surface area contributed by atoms with Gasteiger partial charge >= 0.3 is 0 Å². The zero-order chi connectivity index (χ0) is 15.5. The van der Waals surface area contributed by atoms with Gasteiger partial charge in [0.05, 0.1) is 5.25 Å². The summed E-state index contributed by atoms with van der Waals surface area (Å²) in [6.07, 6.45) is 0. The summed E-state index contributed by atoms with van der Waals surface area (Å²) in [4.78, 5) is 0. The van der Waals surface area contributed by atoms with Crippen LogP contribution < -0.4 is 9.46 Å². The van der Waals surface area contributed by atoms with Crippen LogP contribution in [0.3, 0.4) is 0 Å². The van der Waals surface area contributed by atoms with E-state index in [4.69, 9.17) is 16.3 Å². The summed E-state index contributed by atoms with van der Waals surface area (Å²) < 4.78 is 31.7. The Morgan fingerprint density at radius 3 is 1.90 bits per heavy atom. The van der Waals surface area contributed by atoms with Gasteiger partial charge in [-0.15, -0.1) is 0 Å². The average Bonchev–Trinajstić information content (AvgIpc) is 2.43. The SMILES string of the molecule is CC(C)S(=O)(=O)Nc1ccc(Oc2ccc(Cl)cc2)cc1. The number of ether oxygens (including phenoxy) is 1. The van der Waals surface area contributed by atoms with E-state index >= 15 is 0 Å².